The van der Waals surface area contributed by atoms with E-state index in [1.807, 2.05) is 0 Å². The van der Waals surface area contributed by atoms with Crippen LogP contribution in [-0.4, -0.2) is 49.2 Å². The molecule has 0 aliphatic rings. The second-order valence-electron chi connectivity index (χ2n) is 3.70. The van der Waals surface area contributed by atoms with Gasteiger partial charge in [0.05, 0.1) is 0 Å². The number of nitrogens with one attached hydrogen (secondary N) is 2. The summed E-state index contributed by atoms with van der Waals surface area (Å²) in [4.78, 5) is 21.5. The Morgan fingerprint density at radius 2 is 1.71 bits per heavy atom. The summed E-state index contributed by atoms with van der Waals surface area (Å²) in [6.45, 7) is 2.84. The largest absolute Gasteiger partial charge is 0.375 e. The second-order valence-corrected chi connectivity index (χ2v) is 3.70. The lowest BCUT2D eigenvalue weighted by Crippen LogP contribution is -2.43. The number of carbonyl (C=O) groups is 2. The number of aliphatic hydroxyl groups is 1. The van der Waals surface area contributed by atoms with Gasteiger partial charge in [-0.2, -0.15) is 0 Å². The fraction of sp³-hybridized carbons (Fsp3) is 0.800. The van der Waals surface area contributed by atoms with E-state index in [9.17, 15) is 9.59 Å². The highest BCUT2D eigenvalue weighted by atomic mass is 16.3. The smallest absolute Gasteiger partial charge is 0.258 e. The maximum atomic E-state index is 11.1. The number of carbonyl (C=O) groups excluding carboxylic acids is 2. The highest BCUT2D eigenvalue weighted by molar-refractivity contribution is 6.02. The van der Waals surface area contributed by atoms with Crippen LogP contribution in [0, 0.1) is 0 Å². The third-order valence-corrected chi connectivity index (χ3v) is 2.16. The van der Waals surface area contributed by atoms with Crippen LogP contribution >= 0.6 is 0 Å². The average Bonchev–Trinajstić information content (AvgIpc) is 2.31. The van der Waals surface area contributed by atoms with Crippen LogP contribution in [-0.2, 0) is 9.59 Å². The molecule has 7 heteroatoms. The Morgan fingerprint density at radius 3 is 2.29 bits per heavy atom. The average molecular weight is 246 g/mol. The standard InChI is InChI=1S/C10H22N4O3/c11-4-3-6-13-5-1-2-7-14-10(17)8(15)9(12)16/h8,13,15H,1-7,11H2,(H2,12,16)(H,14,17). The highest BCUT2D eigenvalue weighted by Gasteiger charge is 2.19. The zero-order valence-corrected chi connectivity index (χ0v) is 9.95. The number of nitrogens with two attached hydrogens (primary N) is 2. The van der Waals surface area contributed by atoms with Crippen LogP contribution in [0.1, 0.15) is 19.3 Å². The molecule has 7 N–H and O–H groups in total. The van der Waals surface area contributed by atoms with Crippen molar-refractivity contribution in [2.24, 2.45) is 11.5 Å². The van der Waals surface area contributed by atoms with Crippen LogP contribution in [0.5, 0.6) is 0 Å². The Labute approximate surface area is 101 Å². The van der Waals surface area contributed by atoms with Crippen molar-refractivity contribution < 1.29 is 14.7 Å². The van der Waals surface area contributed by atoms with Gasteiger partial charge in [-0.25, -0.2) is 0 Å². The van der Waals surface area contributed by atoms with E-state index in [1.165, 1.54) is 0 Å². The van der Waals surface area contributed by atoms with Gasteiger partial charge in [0.1, 0.15) is 0 Å². The molecule has 0 aromatic carbocycles. The SMILES string of the molecule is NCCCNCCCCNC(=O)C(O)C(N)=O. The molecular weight excluding hydrogens is 224 g/mol. The molecule has 0 fully saturated rings. The van der Waals surface area contributed by atoms with Gasteiger partial charge in [-0.1, -0.05) is 0 Å². The van der Waals surface area contributed by atoms with E-state index >= 15 is 0 Å². The summed E-state index contributed by atoms with van der Waals surface area (Å²) in [7, 11) is 0. The number of amides is 2. The van der Waals surface area contributed by atoms with Crippen molar-refractivity contribution in [1.29, 1.82) is 0 Å². The van der Waals surface area contributed by atoms with E-state index in [-0.39, 0.29) is 0 Å². The maximum absolute atomic E-state index is 11.1. The molecule has 1 unspecified atom stereocenters. The molecule has 17 heavy (non-hydrogen) atoms. The summed E-state index contributed by atoms with van der Waals surface area (Å²) in [6, 6.07) is 0. The van der Waals surface area contributed by atoms with Crippen LogP contribution < -0.4 is 22.1 Å². The zero-order chi connectivity index (χ0) is 13.1. The Kier molecular flexibility index (Phi) is 9.31. The van der Waals surface area contributed by atoms with Crippen molar-refractivity contribution in [3.63, 3.8) is 0 Å². The molecule has 0 bridgehead atoms. The molecule has 0 rings (SSSR count). The molecule has 0 spiro atoms. The summed E-state index contributed by atoms with van der Waals surface area (Å²) in [5, 5.41) is 14.6. The normalized spacial score (nSPS) is 12.1. The lowest BCUT2D eigenvalue weighted by Gasteiger charge is -2.08. The number of unbranched alkanes of at least 4 members (excludes halogenated alkanes) is 1. The second kappa shape index (κ2) is 10.0. The summed E-state index contributed by atoms with van der Waals surface area (Å²) in [6.07, 6.45) is 0.865. The fourth-order valence-electron chi connectivity index (χ4n) is 1.16. The van der Waals surface area contributed by atoms with Crippen molar-refractivity contribution in [3.05, 3.63) is 0 Å². The molecule has 7 nitrogen and oxygen atoms in total. The minimum atomic E-state index is -1.75. The molecule has 0 saturated heterocycles. The molecular formula is C10H22N4O3. The minimum Gasteiger partial charge on any atom is -0.375 e. The molecule has 0 aliphatic carbocycles. The van der Waals surface area contributed by atoms with Gasteiger partial charge in [0.2, 0.25) is 6.10 Å². The predicted molar refractivity (Wildman–Crippen MR) is 64.0 cm³/mol. The number of aliphatic hydroxyl groups excluding tert-OH is 1. The van der Waals surface area contributed by atoms with Crippen LogP contribution in [0.25, 0.3) is 0 Å². The quantitative estimate of drug-likeness (QED) is 0.218. The molecule has 1 atom stereocenters. The molecule has 0 saturated carbocycles. The van der Waals surface area contributed by atoms with Crippen molar-refractivity contribution in [3.8, 4) is 0 Å². The molecule has 0 aliphatic heterocycles. The van der Waals surface area contributed by atoms with Crippen molar-refractivity contribution in [2.45, 2.75) is 25.4 Å². The van der Waals surface area contributed by atoms with Gasteiger partial charge >= 0.3 is 0 Å². The van der Waals surface area contributed by atoms with Crippen LogP contribution in [0.4, 0.5) is 0 Å². The highest BCUT2D eigenvalue weighted by Crippen LogP contribution is 1.87. The van der Waals surface area contributed by atoms with Crippen molar-refractivity contribution in [1.82, 2.24) is 10.6 Å². The molecule has 0 heterocycles. The Bertz CT molecular complexity index is 236. The van der Waals surface area contributed by atoms with Gasteiger partial charge in [0, 0.05) is 6.54 Å². The predicted octanol–water partition coefficient (Wildman–Crippen LogP) is -2.33. The topological polar surface area (TPSA) is 130 Å². The number of hydrogen-bond acceptors (Lipinski definition) is 5. The molecule has 0 aromatic rings. The van der Waals surface area contributed by atoms with Crippen molar-refractivity contribution in [2.75, 3.05) is 26.2 Å². The zero-order valence-electron chi connectivity index (χ0n) is 9.95. The Morgan fingerprint density at radius 1 is 1.12 bits per heavy atom. The van der Waals surface area contributed by atoms with E-state index in [2.05, 4.69) is 10.6 Å². The van der Waals surface area contributed by atoms with E-state index in [1.54, 1.807) is 0 Å². The number of primary amides is 1. The monoisotopic (exact) mass is 246 g/mol. The van der Waals surface area contributed by atoms with Crippen molar-refractivity contribution >= 4 is 11.8 Å². The first-order valence-corrected chi connectivity index (χ1v) is 5.75. The van der Waals surface area contributed by atoms with Gasteiger partial charge in [-0.05, 0) is 38.9 Å². The van der Waals surface area contributed by atoms with Crippen LogP contribution in [0.2, 0.25) is 0 Å². The van der Waals surface area contributed by atoms with Gasteiger partial charge in [0.25, 0.3) is 11.8 Å². The fourth-order valence-corrected chi connectivity index (χ4v) is 1.16. The third kappa shape index (κ3) is 8.61. The minimum absolute atomic E-state index is 0.418. The van der Waals surface area contributed by atoms with E-state index in [4.69, 9.17) is 16.6 Å². The first kappa shape index (κ1) is 15.8. The van der Waals surface area contributed by atoms with Gasteiger partial charge in [-0.3, -0.25) is 9.59 Å². The van der Waals surface area contributed by atoms with Crippen LogP contribution in [0.3, 0.4) is 0 Å². The molecule has 100 valence electrons. The van der Waals surface area contributed by atoms with E-state index in [0.717, 1.165) is 32.4 Å². The first-order chi connectivity index (χ1) is 8.09. The van der Waals surface area contributed by atoms with Gasteiger partial charge in [-0.15, -0.1) is 0 Å². The Hall–Kier alpha value is -1.18. The summed E-state index contributed by atoms with van der Waals surface area (Å²) in [5.41, 5.74) is 10.1. The Balaban J connectivity index is 3.34. The summed E-state index contributed by atoms with van der Waals surface area (Å²) >= 11 is 0. The van der Waals surface area contributed by atoms with Gasteiger partial charge in [0.15, 0.2) is 0 Å². The lowest BCUT2D eigenvalue weighted by molar-refractivity contribution is -0.139. The number of rotatable bonds is 10. The molecule has 0 aromatic heterocycles. The maximum Gasteiger partial charge on any atom is 0.258 e. The van der Waals surface area contributed by atoms with Gasteiger partial charge < -0.3 is 27.2 Å². The van der Waals surface area contributed by atoms with E-state index in [0.29, 0.717) is 13.1 Å². The molecule has 2 amide bonds. The summed E-state index contributed by atoms with van der Waals surface area (Å²) < 4.78 is 0. The van der Waals surface area contributed by atoms with E-state index < -0.39 is 17.9 Å². The third-order valence-electron chi connectivity index (χ3n) is 2.16. The lowest BCUT2D eigenvalue weighted by atomic mass is 10.2. The summed E-state index contributed by atoms with van der Waals surface area (Å²) in [5.74, 6) is -1.78. The number of hydrogen-bond donors (Lipinski definition) is 5. The van der Waals surface area contributed by atoms with Crippen LogP contribution in [0.15, 0.2) is 0 Å². The first-order valence-electron chi connectivity index (χ1n) is 5.75. The molecule has 0 radical (unpaired) electrons.